The fourth-order valence-electron chi connectivity index (χ4n) is 2.20. The molecule has 0 spiro atoms. The summed E-state index contributed by atoms with van der Waals surface area (Å²) in [6, 6.07) is 10.1. The van der Waals surface area contributed by atoms with E-state index in [1.54, 1.807) is 18.0 Å². The summed E-state index contributed by atoms with van der Waals surface area (Å²) in [6.07, 6.45) is 3.72. The second kappa shape index (κ2) is 6.92. The molecule has 0 radical (unpaired) electrons. The van der Waals surface area contributed by atoms with Gasteiger partial charge in [0.25, 0.3) is 0 Å². The maximum atomic E-state index is 9.96. The Hall–Kier alpha value is -1.30. The molecular formula is C15H21N3OS. The van der Waals surface area contributed by atoms with Gasteiger partial charge in [0, 0.05) is 25.2 Å². The molecule has 1 aromatic heterocycles. The second-order valence-corrected chi connectivity index (χ2v) is 5.69. The van der Waals surface area contributed by atoms with Crippen molar-refractivity contribution in [1.29, 1.82) is 0 Å². The van der Waals surface area contributed by atoms with Crippen molar-refractivity contribution < 1.29 is 5.11 Å². The molecule has 0 fully saturated rings. The van der Waals surface area contributed by atoms with Crippen LogP contribution in [0.2, 0.25) is 0 Å². The van der Waals surface area contributed by atoms with Gasteiger partial charge in [-0.1, -0.05) is 49.0 Å². The quantitative estimate of drug-likeness (QED) is 0.766. The van der Waals surface area contributed by atoms with Gasteiger partial charge in [0.15, 0.2) is 5.16 Å². The number of imidazole rings is 1. The number of rotatable bonds is 7. The van der Waals surface area contributed by atoms with Crippen LogP contribution in [0.3, 0.4) is 0 Å². The summed E-state index contributed by atoms with van der Waals surface area (Å²) >= 11 is 1.65. The van der Waals surface area contributed by atoms with Gasteiger partial charge in [-0.3, -0.25) is 0 Å². The third kappa shape index (κ3) is 3.23. The molecule has 0 saturated carbocycles. The first-order valence-electron chi connectivity index (χ1n) is 6.73. The van der Waals surface area contributed by atoms with Crippen LogP contribution in [-0.4, -0.2) is 33.6 Å². The Balaban J connectivity index is 2.21. The number of aromatic nitrogens is 2. The zero-order valence-electron chi connectivity index (χ0n) is 11.9. The summed E-state index contributed by atoms with van der Waals surface area (Å²) in [5.41, 5.74) is 0.665. The van der Waals surface area contributed by atoms with E-state index in [0.29, 0.717) is 0 Å². The van der Waals surface area contributed by atoms with E-state index in [1.165, 1.54) is 0 Å². The molecule has 0 aliphatic carbocycles. The van der Waals surface area contributed by atoms with Crippen molar-refractivity contribution in [2.24, 2.45) is 7.05 Å². The highest BCUT2D eigenvalue weighted by Crippen LogP contribution is 2.28. The third-order valence-corrected chi connectivity index (χ3v) is 4.62. The number of aryl methyl sites for hydroxylation is 1. The van der Waals surface area contributed by atoms with E-state index in [9.17, 15) is 5.11 Å². The highest BCUT2D eigenvalue weighted by molar-refractivity contribution is 7.99. The number of aliphatic hydroxyl groups is 1. The predicted octanol–water partition coefficient (Wildman–Crippen LogP) is 2.01. The van der Waals surface area contributed by atoms with Gasteiger partial charge in [-0.2, -0.15) is 0 Å². The summed E-state index contributed by atoms with van der Waals surface area (Å²) in [6.45, 7) is 2.91. The lowest BCUT2D eigenvalue weighted by atomic mass is 9.92. The number of nitrogens with zero attached hydrogens (tertiary/aromatic N) is 2. The molecule has 4 nitrogen and oxygen atoms in total. The van der Waals surface area contributed by atoms with Crippen LogP contribution < -0.4 is 5.32 Å². The molecule has 0 aliphatic rings. The minimum atomic E-state index is -0.438. The zero-order chi connectivity index (χ0) is 14.4. The molecule has 0 bridgehead atoms. The summed E-state index contributed by atoms with van der Waals surface area (Å²) in [5, 5.41) is 14.3. The highest BCUT2D eigenvalue weighted by Gasteiger charge is 2.31. The van der Waals surface area contributed by atoms with Crippen molar-refractivity contribution in [3.63, 3.8) is 0 Å². The minimum absolute atomic E-state index is 0.0578. The van der Waals surface area contributed by atoms with Gasteiger partial charge < -0.3 is 15.0 Å². The molecule has 108 valence electrons. The lowest BCUT2D eigenvalue weighted by molar-refractivity contribution is 0.181. The number of nitrogens with one attached hydrogen (secondary N) is 1. The molecule has 2 aromatic rings. The van der Waals surface area contributed by atoms with Crippen LogP contribution in [0.1, 0.15) is 12.5 Å². The zero-order valence-corrected chi connectivity index (χ0v) is 12.7. The Morgan fingerprint density at radius 1 is 1.35 bits per heavy atom. The van der Waals surface area contributed by atoms with Gasteiger partial charge in [0.2, 0.25) is 0 Å². The van der Waals surface area contributed by atoms with Crippen molar-refractivity contribution in [2.45, 2.75) is 17.6 Å². The van der Waals surface area contributed by atoms with Crippen LogP contribution in [0.4, 0.5) is 0 Å². The van der Waals surface area contributed by atoms with Gasteiger partial charge in [0.05, 0.1) is 12.1 Å². The SMILES string of the molecule is CCNC(CO)(CSc1nccn1C)c1ccccc1. The van der Waals surface area contributed by atoms with E-state index >= 15 is 0 Å². The number of thioether (sulfide) groups is 1. The van der Waals surface area contributed by atoms with Gasteiger partial charge in [-0.15, -0.1) is 0 Å². The number of hydrogen-bond donors (Lipinski definition) is 2. The van der Waals surface area contributed by atoms with E-state index in [2.05, 4.69) is 29.4 Å². The first-order valence-corrected chi connectivity index (χ1v) is 7.72. The lowest BCUT2D eigenvalue weighted by Gasteiger charge is -2.33. The molecular weight excluding hydrogens is 270 g/mol. The van der Waals surface area contributed by atoms with Crippen molar-refractivity contribution in [3.05, 3.63) is 48.3 Å². The molecule has 1 atom stereocenters. The largest absolute Gasteiger partial charge is 0.394 e. The van der Waals surface area contributed by atoms with Gasteiger partial charge in [-0.25, -0.2) is 4.98 Å². The summed E-state index contributed by atoms with van der Waals surface area (Å²) in [5.74, 6) is 0.728. The van der Waals surface area contributed by atoms with E-state index < -0.39 is 5.54 Å². The summed E-state index contributed by atoms with van der Waals surface area (Å²) < 4.78 is 1.99. The fourth-order valence-corrected chi connectivity index (χ4v) is 3.34. The molecule has 5 heteroatoms. The smallest absolute Gasteiger partial charge is 0.167 e. The van der Waals surface area contributed by atoms with E-state index in [4.69, 9.17) is 0 Å². The van der Waals surface area contributed by atoms with E-state index in [1.807, 2.05) is 36.0 Å². The van der Waals surface area contributed by atoms with Crippen molar-refractivity contribution >= 4 is 11.8 Å². The lowest BCUT2D eigenvalue weighted by Crippen LogP contribution is -2.47. The fraction of sp³-hybridized carbons (Fsp3) is 0.400. The van der Waals surface area contributed by atoms with Crippen LogP contribution >= 0.6 is 11.8 Å². The number of hydrogen-bond acceptors (Lipinski definition) is 4. The summed E-state index contributed by atoms with van der Waals surface area (Å²) in [7, 11) is 1.98. The standard InChI is InChI=1S/C15H21N3OS/c1-3-17-15(11-19,13-7-5-4-6-8-13)12-20-14-16-9-10-18(14)2/h4-10,17,19H,3,11-12H2,1-2H3. The molecule has 2 N–H and O–H groups in total. The Bertz CT molecular complexity index is 529. The van der Waals surface area contributed by atoms with Crippen LogP contribution in [0, 0.1) is 0 Å². The molecule has 20 heavy (non-hydrogen) atoms. The summed E-state index contributed by atoms with van der Waals surface area (Å²) in [4.78, 5) is 4.32. The molecule has 0 aliphatic heterocycles. The maximum absolute atomic E-state index is 9.96. The Morgan fingerprint density at radius 3 is 2.65 bits per heavy atom. The van der Waals surface area contributed by atoms with Gasteiger partial charge in [-0.05, 0) is 12.1 Å². The minimum Gasteiger partial charge on any atom is -0.394 e. The van der Waals surface area contributed by atoms with Crippen molar-refractivity contribution in [3.8, 4) is 0 Å². The molecule has 0 amide bonds. The molecule has 1 aromatic carbocycles. The average Bonchev–Trinajstić information content (AvgIpc) is 2.90. The van der Waals surface area contributed by atoms with Crippen LogP contribution in [0.5, 0.6) is 0 Å². The van der Waals surface area contributed by atoms with E-state index in [0.717, 1.165) is 23.0 Å². The second-order valence-electron chi connectivity index (χ2n) is 4.75. The Kier molecular flexibility index (Phi) is 5.23. The molecule has 1 heterocycles. The average molecular weight is 291 g/mol. The first kappa shape index (κ1) is 15.1. The number of likely N-dealkylation sites (N-methyl/N-ethyl adjacent to an activating group) is 1. The predicted molar refractivity (Wildman–Crippen MR) is 82.8 cm³/mol. The maximum Gasteiger partial charge on any atom is 0.167 e. The number of aliphatic hydroxyl groups excluding tert-OH is 1. The van der Waals surface area contributed by atoms with E-state index in [-0.39, 0.29) is 6.61 Å². The van der Waals surface area contributed by atoms with Gasteiger partial charge >= 0.3 is 0 Å². The normalized spacial score (nSPS) is 14.2. The molecule has 1 unspecified atom stereocenters. The van der Waals surface area contributed by atoms with Crippen LogP contribution in [0.15, 0.2) is 47.9 Å². The van der Waals surface area contributed by atoms with Crippen molar-refractivity contribution in [2.75, 3.05) is 18.9 Å². The van der Waals surface area contributed by atoms with Crippen molar-refractivity contribution in [1.82, 2.24) is 14.9 Å². The Morgan fingerprint density at radius 2 is 2.10 bits per heavy atom. The van der Waals surface area contributed by atoms with Gasteiger partial charge in [0.1, 0.15) is 0 Å². The first-order chi connectivity index (χ1) is 9.72. The monoisotopic (exact) mass is 291 g/mol. The molecule has 0 saturated heterocycles. The third-order valence-electron chi connectivity index (χ3n) is 3.34. The Labute approximate surface area is 124 Å². The topological polar surface area (TPSA) is 50.1 Å². The molecule has 2 rings (SSSR count). The van der Waals surface area contributed by atoms with Crippen LogP contribution in [0.25, 0.3) is 0 Å². The number of benzene rings is 1. The highest BCUT2D eigenvalue weighted by atomic mass is 32.2. The van der Waals surface area contributed by atoms with Crippen LogP contribution in [-0.2, 0) is 12.6 Å².